The van der Waals surface area contributed by atoms with Crippen molar-refractivity contribution in [1.29, 1.82) is 5.26 Å². The van der Waals surface area contributed by atoms with Crippen LogP contribution in [0.15, 0.2) is 36.4 Å². The molecule has 0 N–H and O–H groups in total. The fourth-order valence-corrected chi connectivity index (χ4v) is 2.93. The van der Waals surface area contributed by atoms with Crippen molar-refractivity contribution in [3.05, 3.63) is 57.6 Å². The van der Waals surface area contributed by atoms with E-state index < -0.39 is 0 Å². The Bertz CT molecular complexity index is 900. The van der Waals surface area contributed by atoms with Gasteiger partial charge in [-0.1, -0.05) is 29.3 Å². The Balaban J connectivity index is 2.11. The minimum atomic E-state index is -0.140. The largest absolute Gasteiger partial charge is 0.478 e. The van der Waals surface area contributed by atoms with Crippen LogP contribution < -0.4 is 9.64 Å². The molecule has 0 fully saturated rings. The van der Waals surface area contributed by atoms with E-state index in [9.17, 15) is 4.79 Å². The maximum atomic E-state index is 12.6. The van der Waals surface area contributed by atoms with E-state index in [2.05, 4.69) is 0 Å². The molecule has 2 aromatic carbocycles. The predicted molar refractivity (Wildman–Crippen MR) is 95.3 cm³/mol. The maximum absolute atomic E-state index is 12.6. The van der Waals surface area contributed by atoms with Gasteiger partial charge in [-0.25, -0.2) is 0 Å². The van der Waals surface area contributed by atoms with E-state index in [0.29, 0.717) is 26.9 Å². The summed E-state index contributed by atoms with van der Waals surface area (Å²) in [5, 5.41) is 9.78. The molecule has 1 heterocycles. The van der Waals surface area contributed by atoms with Crippen molar-refractivity contribution in [2.24, 2.45) is 0 Å². The second-order valence-corrected chi connectivity index (χ2v) is 6.09. The molecule has 1 amide bonds. The fraction of sp³-hybridized carbons (Fsp3) is 0.111. The van der Waals surface area contributed by atoms with Gasteiger partial charge >= 0.3 is 0 Å². The molecule has 0 atom stereocenters. The number of halogens is 2. The SMILES string of the molecule is CN1C(=O)/C(=C/c2cc(Cl)ccc2OCC#N)c2ccc(Cl)cc21. The van der Waals surface area contributed by atoms with Crippen LogP contribution in [0.25, 0.3) is 11.6 Å². The summed E-state index contributed by atoms with van der Waals surface area (Å²) < 4.78 is 5.41. The molecule has 2 aromatic rings. The van der Waals surface area contributed by atoms with Crippen molar-refractivity contribution in [3.63, 3.8) is 0 Å². The van der Waals surface area contributed by atoms with Crippen molar-refractivity contribution < 1.29 is 9.53 Å². The summed E-state index contributed by atoms with van der Waals surface area (Å²) in [5.74, 6) is 0.352. The summed E-state index contributed by atoms with van der Waals surface area (Å²) in [6.07, 6.45) is 1.72. The molecule has 0 aromatic heterocycles. The molecule has 0 bridgehead atoms. The molecule has 0 saturated carbocycles. The number of carbonyl (C=O) groups excluding carboxylic acids is 1. The number of hydrogen-bond donors (Lipinski definition) is 0. The molecule has 0 spiro atoms. The third kappa shape index (κ3) is 2.96. The van der Waals surface area contributed by atoms with Gasteiger partial charge in [0.05, 0.1) is 5.69 Å². The Morgan fingerprint density at radius 3 is 2.67 bits per heavy atom. The van der Waals surface area contributed by atoms with Crippen LogP contribution in [0.1, 0.15) is 11.1 Å². The molecule has 3 rings (SSSR count). The Labute approximate surface area is 149 Å². The Morgan fingerprint density at radius 2 is 1.92 bits per heavy atom. The fourth-order valence-electron chi connectivity index (χ4n) is 2.58. The third-order valence-electron chi connectivity index (χ3n) is 3.71. The Hall–Kier alpha value is -2.48. The summed E-state index contributed by atoms with van der Waals surface area (Å²) in [6, 6.07) is 12.3. The first-order valence-electron chi connectivity index (χ1n) is 7.10. The zero-order valence-corrected chi connectivity index (χ0v) is 14.2. The molecule has 0 unspecified atom stereocenters. The summed E-state index contributed by atoms with van der Waals surface area (Å²) in [6.45, 7) is -0.0855. The molecule has 120 valence electrons. The minimum absolute atomic E-state index is 0.0855. The lowest BCUT2D eigenvalue weighted by Gasteiger charge is -2.09. The van der Waals surface area contributed by atoms with Crippen LogP contribution in [-0.2, 0) is 4.79 Å². The molecular weight excluding hydrogens is 347 g/mol. The number of nitrogens with zero attached hydrogens (tertiary/aromatic N) is 2. The van der Waals surface area contributed by atoms with Crippen LogP contribution >= 0.6 is 23.2 Å². The second-order valence-electron chi connectivity index (χ2n) is 5.21. The topological polar surface area (TPSA) is 53.3 Å². The van der Waals surface area contributed by atoms with Crippen LogP contribution in [0, 0.1) is 11.3 Å². The smallest absolute Gasteiger partial charge is 0.258 e. The van der Waals surface area contributed by atoms with Gasteiger partial charge in [-0.3, -0.25) is 4.79 Å². The van der Waals surface area contributed by atoms with Gasteiger partial charge in [0.2, 0.25) is 0 Å². The van der Waals surface area contributed by atoms with Crippen LogP contribution in [-0.4, -0.2) is 19.6 Å². The second kappa shape index (κ2) is 6.56. The summed E-state index contributed by atoms with van der Waals surface area (Å²) in [4.78, 5) is 14.1. The summed E-state index contributed by atoms with van der Waals surface area (Å²) >= 11 is 12.1. The lowest BCUT2D eigenvalue weighted by molar-refractivity contribution is -0.112. The number of rotatable bonds is 3. The van der Waals surface area contributed by atoms with Gasteiger partial charge in [-0.05, 0) is 36.4 Å². The van der Waals surface area contributed by atoms with E-state index in [1.54, 1.807) is 48.4 Å². The van der Waals surface area contributed by atoms with Crippen molar-refractivity contribution in [2.45, 2.75) is 0 Å². The van der Waals surface area contributed by atoms with Crippen LogP contribution in [0.4, 0.5) is 5.69 Å². The highest BCUT2D eigenvalue weighted by Gasteiger charge is 2.30. The van der Waals surface area contributed by atoms with Crippen molar-refractivity contribution in [2.75, 3.05) is 18.6 Å². The van der Waals surface area contributed by atoms with Gasteiger partial charge in [0, 0.05) is 33.8 Å². The molecule has 6 heteroatoms. The van der Waals surface area contributed by atoms with Gasteiger partial charge < -0.3 is 9.64 Å². The van der Waals surface area contributed by atoms with Gasteiger partial charge in [0.15, 0.2) is 6.61 Å². The van der Waals surface area contributed by atoms with Crippen molar-refractivity contribution >= 4 is 46.4 Å². The van der Waals surface area contributed by atoms with Crippen molar-refractivity contribution in [3.8, 4) is 11.8 Å². The molecule has 0 aliphatic carbocycles. The molecular formula is C18H12Cl2N2O2. The highest BCUT2D eigenvalue weighted by molar-refractivity contribution is 6.37. The molecule has 1 aliphatic rings. The monoisotopic (exact) mass is 358 g/mol. The average molecular weight is 359 g/mol. The zero-order chi connectivity index (χ0) is 17.3. The Morgan fingerprint density at radius 1 is 1.21 bits per heavy atom. The van der Waals surface area contributed by atoms with E-state index in [0.717, 1.165) is 11.3 Å². The average Bonchev–Trinajstić information content (AvgIpc) is 2.79. The highest BCUT2D eigenvalue weighted by atomic mass is 35.5. The Kier molecular flexibility index (Phi) is 4.48. The summed E-state index contributed by atoms with van der Waals surface area (Å²) in [5.41, 5.74) is 2.70. The molecule has 24 heavy (non-hydrogen) atoms. The lowest BCUT2D eigenvalue weighted by atomic mass is 10.0. The van der Waals surface area contributed by atoms with E-state index in [1.807, 2.05) is 12.1 Å². The van der Waals surface area contributed by atoms with E-state index in [1.165, 1.54) is 0 Å². The van der Waals surface area contributed by atoms with Crippen LogP contribution in [0.5, 0.6) is 5.75 Å². The number of nitriles is 1. The number of anilines is 1. The maximum Gasteiger partial charge on any atom is 0.258 e. The number of likely N-dealkylation sites (N-methyl/N-ethyl adjacent to an activating group) is 1. The third-order valence-corrected chi connectivity index (χ3v) is 4.18. The normalized spacial score (nSPS) is 14.7. The van der Waals surface area contributed by atoms with Gasteiger partial charge in [0.25, 0.3) is 5.91 Å². The standard InChI is InChI=1S/C18H12Cl2N2O2/c1-22-16-10-13(20)2-4-14(16)15(18(22)23)9-11-8-12(19)3-5-17(11)24-7-6-21/h2-5,8-10H,7H2,1H3/b15-9+. The van der Waals surface area contributed by atoms with Gasteiger partial charge in [0.1, 0.15) is 11.8 Å². The van der Waals surface area contributed by atoms with E-state index >= 15 is 0 Å². The van der Waals surface area contributed by atoms with E-state index in [-0.39, 0.29) is 12.5 Å². The van der Waals surface area contributed by atoms with Gasteiger partial charge in [-0.15, -0.1) is 0 Å². The summed E-state index contributed by atoms with van der Waals surface area (Å²) in [7, 11) is 1.70. The molecule has 0 saturated heterocycles. The lowest BCUT2D eigenvalue weighted by Crippen LogP contribution is -2.20. The van der Waals surface area contributed by atoms with Crippen molar-refractivity contribution in [1.82, 2.24) is 0 Å². The number of benzene rings is 2. The first-order chi connectivity index (χ1) is 11.5. The first kappa shape index (κ1) is 16.4. The zero-order valence-electron chi connectivity index (χ0n) is 12.7. The number of fused-ring (bicyclic) bond motifs is 1. The predicted octanol–water partition coefficient (Wildman–Crippen LogP) is 4.41. The van der Waals surface area contributed by atoms with Crippen LogP contribution in [0.2, 0.25) is 10.0 Å². The van der Waals surface area contributed by atoms with E-state index in [4.69, 9.17) is 33.2 Å². The number of carbonyl (C=O) groups is 1. The minimum Gasteiger partial charge on any atom is -0.478 e. The molecule has 1 aliphatic heterocycles. The number of ether oxygens (including phenoxy) is 1. The first-order valence-corrected chi connectivity index (χ1v) is 7.86. The highest BCUT2D eigenvalue weighted by Crippen LogP contribution is 2.39. The molecule has 0 radical (unpaired) electrons. The number of hydrogen-bond acceptors (Lipinski definition) is 3. The number of amides is 1. The molecule has 4 nitrogen and oxygen atoms in total. The van der Waals surface area contributed by atoms with Crippen LogP contribution in [0.3, 0.4) is 0 Å². The van der Waals surface area contributed by atoms with Gasteiger partial charge in [-0.2, -0.15) is 5.26 Å². The quantitative estimate of drug-likeness (QED) is 0.763.